The molecule has 3 rings (SSSR count). The van der Waals surface area contributed by atoms with Crippen LogP contribution in [0.1, 0.15) is 29.9 Å². The predicted molar refractivity (Wildman–Crippen MR) is 84.8 cm³/mol. The number of carbonyl (C=O) groups is 1. The van der Waals surface area contributed by atoms with Crippen LogP contribution >= 0.6 is 0 Å². The van der Waals surface area contributed by atoms with Crippen molar-refractivity contribution < 1.29 is 14.5 Å². The first kappa shape index (κ1) is 15.2. The number of hydrogen-bond donors (Lipinski definition) is 0. The molecule has 2 aromatic rings. The SMILES string of the molecule is O=C(OCc1ccccc1)C1CCC1c1cccc([N+](=O)[O-])c1. The molecular weight excluding hydrogens is 294 g/mol. The van der Waals surface area contributed by atoms with Gasteiger partial charge in [0, 0.05) is 12.1 Å². The molecule has 0 radical (unpaired) electrons. The molecule has 1 fully saturated rings. The smallest absolute Gasteiger partial charge is 0.309 e. The van der Waals surface area contributed by atoms with E-state index < -0.39 is 4.92 Å². The molecule has 0 spiro atoms. The minimum Gasteiger partial charge on any atom is -0.461 e. The lowest BCUT2D eigenvalue weighted by Crippen LogP contribution is -2.32. The van der Waals surface area contributed by atoms with Crippen LogP contribution in [0.15, 0.2) is 54.6 Å². The third-order valence-electron chi connectivity index (χ3n) is 4.31. The summed E-state index contributed by atoms with van der Waals surface area (Å²) in [5, 5.41) is 10.9. The summed E-state index contributed by atoms with van der Waals surface area (Å²) in [7, 11) is 0. The zero-order valence-corrected chi connectivity index (χ0v) is 12.6. The Morgan fingerprint density at radius 3 is 2.57 bits per heavy atom. The molecule has 5 nitrogen and oxygen atoms in total. The molecule has 0 N–H and O–H groups in total. The van der Waals surface area contributed by atoms with Crippen molar-refractivity contribution in [2.24, 2.45) is 5.92 Å². The second-order valence-corrected chi connectivity index (χ2v) is 5.74. The molecule has 1 aliphatic rings. The van der Waals surface area contributed by atoms with Gasteiger partial charge in [-0.25, -0.2) is 0 Å². The quantitative estimate of drug-likeness (QED) is 0.478. The fraction of sp³-hybridized carbons (Fsp3) is 0.278. The normalized spacial score (nSPS) is 19.7. The standard InChI is InChI=1S/C18H17NO4/c20-18(23-12-13-5-2-1-3-6-13)17-10-9-16(17)14-7-4-8-15(11-14)19(21)22/h1-8,11,16-17H,9-10,12H2. The zero-order valence-electron chi connectivity index (χ0n) is 12.6. The molecule has 0 bridgehead atoms. The number of benzene rings is 2. The van der Waals surface area contributed by atoms with Crippen molar-refractivity contribution in [2.75, 3.05) is 0 Å². The first-order valence-electron chi connectivity index (χ1n) is 7.60. The average Bonchev–Trinajstić information content (AvgIpc) is 2.53. The first-order valence-corrected chi connectivity index (χ1v) is 7.60. The second kappa shape index (κ2) is 6.60. The van der Waals surface area contributed by atoms with E-state index in [0.29, 0.717) is 0 Å². The van der Waals surface area contributed by atoms with E-state index in [0.717, 1.165) is 24.0 Å². The van der Waals surface area contributed by atoms with E-state index in [4.69, 9.17) is 4.74 Å². The van der Waals surface area contributed by atoms with Gasteiger partial charge >= 0.3 is 5.97 Å². The third kappa shape index (κ3) is 3.39. The molecule has 118 valence electrons. The summed E-state index contributed by atoms with van der Waals surface area (Å²) in [5.41, 5.74) is 1.85. The van der Waals surface area contributed by atoms with Gasteiger partial charge in [-0.2, -0.15) is 0 Å². The van der Waals surface area contributed by atoms with Crippen LogP contribution in [-0.2, 0) is 16.1 Å². The Morgan fingerprint density at radius 2 is 1.91 bits per heavy atom. The van der Waals surface area contributed by atoms with Crippen molar-refractivity contribution in [1.29, 1.82) is 0 Å². The number of carbonyl (C=O) groups excluding carboxylic acids is 1. The molecule has 0 saturated heterocycles. The summed E-state index contributed by atoms with van der Waals surface area (Å²) in [4.78, 5) is 22.7. The molecule has 1 aliphatic carbocycles. The van der Waals surface area contributed by atoms with Crippen molar-refractivity contribution >= 4 is 11.7 Å². The molecule has 23 heavy (non-hydrogen) atoms. The van der Waals surface area contributed by atoms with Gasteiger partial charge in [0.15, 0.2) is 0 Å². The summed E-state index contributed by atoms with van der Waals surface area (Å²) >= 11 is 0. The molecule has 2 atom stereocenters. The monoisotopic (exact) mass is 311 g/mol. The number of nitrogens with zero attached hydrogens (tertiary/aromatic N) is 1. The van der Waals surface area contributed by atoms with E-state index in [2.05, 4.69) is 0 Å². The van der Waals surface area contributed by atoms with E-state index >= 15 is 0 Å². The number of esters is 1. The van der Waals surface area contributed by atoms with Crippen LogP contribution in [-0.4, -0.2) is 10.9 Å². The summed E-state index contributed by atoms with van der Waals surface area (Å²) in [5.74, 6) is -0.421. The molecule has 0 heterocycles. The molecular formula is C18H17NO4. The maximum Gasteiger partial charge on any atom is 0.309 e. The second-order valence-electron chi connectivity index (χ2n) is 5.74. The summed E-state index contributed by atoms with van der Waals surface area (Å²) in [6, 6.07) is 16.1. The highest BCUT2D eigenvalue weighted by Gasteiger charge is 2.39. The number of rotatable bonds is 5. The topological polar surface area (TPSA) is 69.4 Å². The summed E-state index contributed by atoms with van der Waals surface area (Å²) < 4.78 is 5.39. The van der Waals surface area contributed by atoms with Gasteiger partial charge in [-0.3, -0.25) is 14.9 Å². The van der Waals surface area contributed by atoms with Gasteiger partial charge in [-0.1, -0.05) is 42.5 Å². The lowest BCUT2D eigenvalue weighted by Gasteiger charge is -2.34. The van der Waals surface area contributed by atoms with Crippen molar-refractivity contribution in [3.05, 3.63) is 75.8 Å². The number of ether oxygens (including phenoxy) is 1. The maximum atomic E-state index is 12.2. The van der Waals surface area contributed by atoms with Crippen LogP contribution in [0.3, 0.4) is 0 Å². The molecule has 0 aromatic heterocycles. The van der Waals surface area contributed by atoms with Gasteiger partial charge < -0.3 is 4.74 Å². The fourth-order valence-corrected chi connectivity index (χ4v) is 2.89. The van der Waals surface area contributed by atoms with Crippen molar-refractivity contribution in [2.45, 2.75) is 25.4 Å². The van der Waals surface area contributed by atoms with Gasteiger partial charge in [-0.15, -0.1) is 0 Å². The highest BCUT2D eigenvalue weighted by atomic mass is 16.6. The Morgan fingerprint density at radius 1 is 1.13 bits per heavy atom. The molecule has 0 amide bonds. The van der Waals surface area contributed by atoms with Crippen LogP contribution in [0.5, 0.6) is 0 Å². The fourth-order valence-electron chi connectivity index (χ4n) is 2.89. The highest BCUT2D eigenvalue weighted by Crippen LogP contribution is 2.43. The van der Waals surface area contributed by atoms with Crippen LogP contribution in [0.4, 0.5) is 5.69 Å². The Bertz CT molecular complexity index is 714. The minimum atomic E-state index is -0.412. The lowest BCUT2D eigenvalue weighted by atomic mass is 9.70. The van der Waals surface area contributed by atoms with Crippen molar-refractivity contribution in [3.8, 4) is 0 Å². The van der Waals surface area contributed by atoms with E-state index in [9.17, 15) is 14.9 Å². The van der Waals surface area contributed by atoms with Gasteiger partial charge in [0.05, 0.1) is 10.8 Å². The summed E-state index contributed by atoms with van der Waals surface area (Å²) in [6.45, 7) is 0.262. The van der Waals surface area contributed by atoms with E-state index in [1.54, 1.807) is 12.1 Å². The zero-order chi connectivity index (χ0) is 16.2. The summed E-state index contributed by atoms with van der Waals surface area (Å²) in [6.07, 6.45) is 1.62. The number of non-ortho nitro benzene ring substituents is 1. The van der Waals surface area contributed by atoms with Crippen LogP contribution < -0.4 is 0 Å². The predicted octanol–water partition coefficient (Wildman–Crippen LogP) is 3.83. The van der Waals surface area contributed by atoms with Gasteiger partial charge in [0.2, 0.25) is 0 Å². The Hall–Kier alpha value is -2.69. The average molecular weight is 311 g/mol. The van der Waals surface area contributed by atoms with Crippen LogP contribution in [0.25, 0.3) is 0 Å². The number of nitro benzene ring substituents is 1. The van der Waals surface area contributed by atoms with Crippen molar-refractivity contribution in [1.82, 2.24) is 0 Å². The lowest BCUT2D eigenvalue weighted by molar-refractivity contribution is -0.385. The van der Waals surface area contributed by atoms with E-state index in [1.165, 1.54) is 6.07 Å². The van der Waals surface area contributed by atoms with E-state index in [-0.39, 0.29) is 30.1 Å². The molecule has 2 unspecified atom stereocenters. The molecule has 1 saturated carbocycles. The van der Waals surface area contributed by atoms with Gasteiger partial charge in [-0.05, 0) is 29.9 Å². The molecule has 0 aliphatic heterocycles. The van der Waals surface area contributed by atoms with Crippen LogP contribution in [0, 0.1) is 16.0 Å². The first-order chi connectivity index (χ1) is 11.1. The highest BCUT2D eigenvalue weighted by molar-refractivity contribution is 5.75. The Labute approximate surface area is 134 Å². The third-order valence-corrected chi connectivity index (χ3v) is 4.31. The van der Waals surface area contributed by atoms with Crippen LogP contribution in [0.2, 0.25) is 0 Å². The van der Waals surface area contributed by atoms with Gasteiger partial charge in [0.1, 0.15) is 6.61 Å². The maximum absolute atomic E-state index is 12.2. The Balaban J connectivity index is 1.64. The number of nitro groups is 1. The molecule has 2 aromatic carbocycles. The Kier molecular flexibility index (Phi) is 4.37. The van der Waals surface area contributed by atoms with Crippen molar-refractivity contribution in [3.63, 3.8) is 0 Å². The molecule has 5 heteroatoms. The van der Waals surface area contributed by atoms with E-state index in [1.807, 2.05) is 36.4 Å². The minimum absolute atomic E-state index is 0.0122. The van der Waals surface area contributed by atoms with Gasteiger partial charge in [0.25, 0.3) is 5.69 Å². The number of hydrogen-bond acceptors (Lipinski definition) is 4. The largest absolute Gasteiger partial charge is 0.461 e.